The second kappa shape index (κ2) is 5.62. The molecule has 0 heterocycles. The van der Waals surface area contributed by atoms with Crippen molar-refractivity contribution in [3.8, 4) is 6.07 Å². The smallest absolute Gasteiger partial charge is 0.126 e. The molecule has 0 aliphatic rings. The van der Waals surface area contributed by atoms with Crippen molar-refractivity contribution in [3.63, 3.8) is 0 Å². The molecule has 0 radical (unpaired) electrons. The molecule has 0 fully saturated rings. The van der Waals surface area contributed by atoms with Crippen molar-refractivity contribution in [1.29, 1.82) is 5.26 Å². The van der Waals surface area contributed by atoms with E-state index in [9.17, 15) is 4.39 Å². The van der Waals surface area contributed by atoms with E-state index in [1.165, 1.54) is 6.07 Å². The van der Waals surface area contributed by atoms with E-state index in [1.807, 2.05) is 19.1 Å². The van der Waals surface area contributed by atoms with Gasteiger partial charge in [0.1, 0.15) is 11.9 Å². The van der Waals surface area contributed by atoms with E-state index in [1.54, 1.807) is 31.2 Å². The Morgan fingerprint density at radius 3 is 2.65 bits per heavy atom. The first kappa shape index (κ1) is 13.9. The van der Waals surface area contributed by atoms with E-state index >= 15 is 0 Å². The highest BCUT2D eigenvalue weighted by Gasteiger charge is 2.09. The Morgan fingerprint density at radius 1 is 1.25 bits per heavy atom. The maximum Gasteiger partial charge on any atom is 0.126 e. The van der Waals surface area contributed by atoms with Gasteiger partial charge in [-0.3, -0.25) is 0 Å². The summed E-state index contributed by atoms with van der Waals surface area (Å²) in [6.07, 6.45) is 0. The number of nitrogens with zero attached hydrogens (tertiary/aromatic N) is 1. The first-order chi connectivity index (χ1) is 9.51. The predicted octanol–water partition coefficient (Wildman–Crippen LogP) is 3.76. The highest BCUT2D eigenvalue weighted by molar-refractivity contribution is 5.62. The Bertz CT molecular complexity index is 674. The van der Waals surface area contributed by atoms with E-state index in [-0.39, 0.29) is 11.9 Å². The highest BCUT2D eigenvalue weighted by atomic mass is 19.1. The highest BCUT2D eigenvalue weighted by Crippen LogP contribution is 2.23. The van der Waals surface area contributed by atoms with Gasteiger partial charge in [0, 0.05) is 17.4 Å². The first-order valence-corrected chi connectivity index (χ1v) is 6.33. The van der Waals surface area contributed by atoms with Crippen LogP contribution in [0.25, 0.3) is 0 Å². The van der Waals surface area contributed by atoms with Gasteiger partial charge in [-0.15, -0.1) is 0 Å². The van der Waals surface area contributed by atoms with Crippen LogP contribution in [0.15, 0.2) is 36.4 Å². The molecule has 2 aromatic carbocycles. The third-order valence-corrected chi connectivity index (χ3v) is 3.25. The maximum absolute atomic E-state index is 13.6. The van der Waals surface area contributed by atoms with E-state index in [0.717, 1.165) is 11.3 Å². The molecule has 0 aliphatic heterocycles. The number of anilines is 2. The van der Waals surface area contributed by atoms with Crippen molar-refractivity contribution in [2.75, 3.05) is 11.1 Å². The second-order valence-corrected chi connectivity index (χ2v) is 4.79. The van der Waals surface area contributed by atoms with Crippen LogP contribution in [-0.2, 0) is 0 Å². The second-order valence-electron chi connectivity index (χ2n) is 4.79. The zero-order chi connectivity index (χ0) is 14.7. The molecule has 3 nitrogen and oxygen atoms in total. The summed E-state index contributed by atoms with van der Waals surface area (Å²) in [7, 11) is 0. The van der Waals surface area contributed by atoms with Gasteiger partial charge in [0.15, 0.2) is 0 Å². The lowest BCUT2D eigenvalue weighted by Crippen LogP contribution is -2.07. The van der Waals surface area contributed by atoms with E-state index in [4.69, 9.17) is 11.0 Å². The van der Waals surface area contributed by atoms with Crippen LogP contribution < -0.4 is 11.1 Å². The van der Waals surface area contributed by atoms with Crippen molar-refractivity contribution in [2.45, 2.75) is 19.9 Å². The van der Waals surface area contributed by atoms with Crippen molar-refractivity contribution in [3.05, 3.63) is 58.9 Å². The molecule has 102 valence electrons. The van der Waals surface area contributed by atoms with Crippen LogP contribution in [0.4, 0.5) is 15.8 Å². The molecular weight excluding hydrogens is 253 g/mol. The third-order valence-electron chi connectivity index (χ3n) is 3.25. The number of nitriles is 1. The number of halogens is 1. The van der Waals surface area contributed by atoms with Crippen LogP contribution in [0, 0.1) is 24.1 Å². The molecule has 3 N–H and O–H groups in total. The SMILES string of the molecule is Cc1ccc(C(C)Nc2ccc(N)c(C#N)c2)cc1F. The van der Waals surface area contributed by atoms with Gasteiger partial charge in [-0.05, 0) is 49.2 Å². The first-order valence-electron chi connectivity index (χ1n) is 6.33. The number of nitrogens with two attached hydrogens (primary N) is 1. The molecule has 0 aromatic heterocycles. The number of hydrogen-bond donors (Lipinski definition) is 2. The van der Waals surface area contributed by atoms with Crippen LogP contribution in [0.1, 0.15) is 29.7 Å². The fraction of sp³-hybridized carbons (Fsp3) is 0.188. The summed E-state index contributed by atoms with van der Waals surface area (Å²) >= 11 is 0. The molecule has 20 heavy (non-hydrogen) atoms. The van der Waals surface area contributed by atoms with E-state index in [2.05, 4.69) is 5.32 Å². The number of benzene rings is 2. The largest absolute Gasteiger partial charge is 0.398 e. The zero-order valence-electron chi connectivity index (χ0n) is 11.4. The summed E-state index contributed by atoms with van der Waals surface area (Å²) in [5.41, 5.74) is 8.81. The van der Waals surface area contributed by atoms with Gasteiger partial charge in [-0.1, -0.05) is 12.1 Å². The Balaban J connectivity index is 2.21. The maximum atomic E-state index is 13.6. The lowest BCUT2D eigenvalue weighted by molar-refractivity contribution is 0.614. The lowest BCUT2D eigenvalue weighted by atomic mass is 10.1. The molecule has 2 aromatic rings. The minimum Gasteiger partial charge on any atom is -0.398 e. The summed E-state index contributed by atoms with van der Waals surface area (Å²) in [6.45, 7) is 3.67. The number of aryl methyl sites for hydroxylation is 1. The fourth-order valence-electron chi connectivity index (χ4n) is 1.95. The summed E-state index contributed by atoms with van der Waals surface area (Å²) in [5.74, 6) is -0.217. The van der Waals surface area contributed by atoms with Gasteiger partial charge in [-0.25, -0.2) is 4.39 Å². The van der Waals surface area contributed by atoms with Crippen LogP contribution >= 0.6 is 0 Å². The van der Waals surface area contributed by atoms with Crippen LogP contribution in [0.3, 0.4) is 0 Å². The van der Waals surface area contributed by atoms with E-state index < -0.39 is 0 Å². The Labute approximate surface area is 117 Å². The normalized spacial score (nSPS) is 11.7. The zero-order valence-corrected chi connectivity index (χ0v) is 11.4. The van der Waals surface area contributed by atoms with Crippen molar-refractivity contribution < 1.29 is 4.39 Å². The average Bonchev–Trinajstić information content (AvgIpc) is 2.43. The van der Waals surface area contributed by atoms with Gasteiger partial charge < -0.3 is 11.1 Å². The molecular formula is C16H16FN3. The standard InChI is InChI=1S/C16H16FN3/c1-10-3-4-12(8-15(10)17)11(2)20-14-5-6-16(19)13(7-14)9-18/h3-8,11,20H,19H2,1-2H3. The Hall–Kier alpha value is -2.54. The van der Waals surface area contributed by atoms with Crippen molar-refractivity contribution in [2.24, 2.45) is 0 Å². The third kappa shape index (κ3) is 2.89. The molecule has 0 bridgehead atoms. The molecule has 4 heteroatoms. The molecule has 1 atom stereocenters. The quantitative estimate of drug-likeness (QED) is 0.834. The van der Waals surface area contributed by atoms with Gasteiger partial charge in [0.05, 0.1) is 5.56 Å². The molecule has 0 amide bonds. The Kier molecular flexibility index (Phi) is 3.90. The van der Waals surface area contributed by atoms with Crippen LogP contribution in [0.2, 0.25) is 0 Å². The summed E-state index contributed by atoms with van der Waals surface area (Å²) in [4.78, 5) is 0. The number of hydrogen-bond acceptors (Lipinski definition) is 3. The van der Waals surface area contributed by atoms with Crippen LogP contribution in [-0.4, -0.2) is 0 Å². The summed E-state index contributed by atoms with van der Waals surface area (Å²) in [6, 6.07) is 12.3. The summed E-state index contributed by atoms with van der Waals surface area (Å²) in [5, 5.41) is 12.2. The van der Waals surface area contributed by atoms with Gasteiger partial charge in [0.25, 0.3) is 0 Å². The minimum atomic E-state index is -0.217. The van der Waals surface area contributed by atoms with Gasteiger partial charge in [0.2, 0.25) is 0 Å². The monoisotopic (exact) mass is 269 g/mol. The molecule has 0 saturated carbocycles. The number of nitrogens with one attached hydrogen (secondary N) is 1. The summed E-state index contributed by atoms with van der Waals surface area (Å²) < 4.78 is 13.6. The van der Waals surface area contributed by atoms with E-state index in [0.29, 0.717) is 16.8 Å². The molecule has 1 unspecified atom stereocenters. The number of nitrogen functional groups attached to an aromatic ring is 1. The predicted molar refractivity (Wildman–Crippen MR) is 78.7 cm³/mol. The average molecular weight is 269 g/mol. The Morgan fingerprint density at radius 2 is 2.00 bits per heavy atom. The lowest BCUT2D eigenvalue weighted by Gasteiger charge is -2.16. The fourth-order valence-corrected chi connectivity index (χ4v) is 1.95. The molecule has 2 rings (SSSR count). The van der Waals surface area contributed by atoms with Gasteiger partial charge >= 0.3 is 0 Å². The van der Waals surface area contributed by atoms with Crippen LogP contribution in [0.5, 0.6) is 0 Å². The number of rotatable bonds is 3. The van der Waals surface area contributed by atoms with Gasteiger partial charge in [-0.2, -0.15) is 5.26 Å². The molecule has 0 saturated heterocycles. The van der Waals surface area contributed by atoms with Crippen molar-refractivity contribution >= 4 is 11.4 Å². The molecule has 0 aliphatic carbocycles. The minimum absolute atomic E-state index is 0.0692. The molecule has 0 spiro atoms. The topological polar surface area (TPSA) is 61.8 Å². The van der Waals surface area contributed by atoms with Crippen molar-refractivity contribution in [1.82, 2.24) is 0 Å².